The number of benzene rings is 4. The van der Waals surface area contributed by atoms with Crippen molar-refractivity contribution < 1.29 is 0 Å². The lowest BCUT2D eigenvalue weighted by Gasteiger charge is -2.10. The number of aromatic nitrogens is 3. The Bertz CT molecular complexity index is 1800. The molecule has 0 aliphatic carbocycles. The van der Waals surface area contributed by atoms with Crippen molar-refractivity contribution in [3.8, 4) is 22.3 Å². The van der Waals surface area contributed by atoms with Crippen LogP contribution in [-0.2, 0) is 0 Å². The van der Waals surface area contributed by atoms with Crippen molar-refractivity contribution in [2.24, 2.45) is 0 Å². The molecule has 3 aromatic heterocycles. The standard InChI is InChI=1S/C30H19N3/c1-2-7-20(8-3-1)21-12-14-22(15-13-21)23-16-17-24-25(19-23)29-28(11-6-18-31-29)33-27-10-5-4-9-26(27)32-30(24)33/h1-19H. The molecular weight excluding hydrogens is 402 g/mol. The van der Waals surface area contributed by atoms with E-state index in [1.165, 1.54) is 22.3 Å². The Hall–Kier alpha value is -4.50. The van der Waals surface area contributed by atoms with Gasteiger partial charge in [-0.25, -0.2) is 4.98 Å². The summed E-state index contributed by atoms with van der Waals surface area (Å²) in [5.74, 6) is 0. The summed E-state index contributed by atoms with van der Waals surface area (Å²) in [6, 6.07) is 38.3. The molecule has 0 N–H and O–H groups in total. The van der Waals surface area contributed by atoms with Crippen LogP contribution in [0.1, 0.15) is 0 Å². The maximum absolute atomic E-state index is 4.98. The molecule has 0 fully saturated rings. The molecule has 4 aromatic carbocycles. The molecule has 0 aliphatic heterocycles. The number of imidazole rings is 1. The fourth-order valence-corrected chi connectivity index (χ4v) is 4.84. The highest BCUT2D eigenvalue weighted by Crippen LogP contribution is 2.34. The fourth-order valence-electron chi connectivity index (χ4n) is 4.84. The second-order valence-electron chi connectivity index (χ2n) is 8.33. The molecule has 0 atom stereocenters. The third kappa shape index (κ3) is 2.76. The fraction of sp³-hybridized carbons (Fsp3) is 0. The zero-order valence-electron chi connectivity index (χ0n) is 17.8. The first-order chi connectivity index (χ1) is 16.4. The third-order valence-electron chi connectivity index (χ3n) is 6.43. The van der Waals surface area contributed by atoms with Gasteiger partial charge in [-0.2, -0.15) is 0 Å². The normalized spacial score (nSPS) is 11.6. The Morgan fingerprint density at radius 2 is 1.18 bits per heavy atom. The Morgan fingerprint density at radius 1 is 0.515 bits per heavy atom. The van der Waals surface area contributed by atoms with E-state index in [4.69, 9.17) is 9.97 Å². The molecule has 0 bridgehead atoms. The van der Waals surface area contributed by atoms with Gasteiger partial charge in [0, 0.05) is 17.0 Å². The van der Waals surface area contributed by atoms with Crippen molar-refractivity contribution in [3.63, 3.8) is 0 Å². The predicted molar refractivity (Wildman–Crippen MR) is 136 cm³/mol. The molecule has 3 heterocycles. The smallest absolute Gasteiger partial charge is 0.146 e. The molecule has 0 saturated heterocycles. The highest BCUT2D eigenvalue weighted by molar-refractivity contribution is 6.13. The summed E-state index contributed by atoms with van der Waals surface area (Å²) in [6.07, 6.45) is 1.87. The van der Waals surface area contributed by atoms with Crippen molar-refractivity contribution in [2.45, 2.75) is 0 Å². The Labute approximate surface area is 190 Å². The van der Waals surface area contributed by atoms with Gasteiger partial charge in [-0.05, 0) is 58.7 Å². The van der Waals surface area contributed by atoms with Crippen LogP contribution < -0.4 is 0 Å². The van der Waals surface area contributed by atoms with Crippen LogP contribution in [0.3, 0.4) is 0 Å². The van der Waals surface area contributed by atoms with Crippen LogP contribution in [0.5, 0.6) is 0 Å². The van der Waals surface area contributed by atoms with Gasteiger partial charge in [0.1, 0.15) is 5.65 Å². The summed E-state index contributed by atoms with van der Waals surface area (Å²) in [5, 5.41) is 2.24. The summed E-state index contributed by atoms with van der Waals surface area (Å²) in [7, 11) is 0. The van der Waals surface area contributed by atoms with E-state index in [2.05, 4.69) is 95.4 Å². The number of para-hydroxylation sites is 2. The first-order valence-electron chi connectivity index (χ1n) is 11.1. The monoisotopic (exact) mass is 421 g/mol. The number of fused-ring (bicyclic) bond motifs is 8. The van der Waals surface area contributed by atoms with E-state index in [1.807, 2.05) is 24.4 Å². The van der Waals surface area contributed by atoms with E-state index >= 15 is 0 Å². The number of hydrogen-bond acceptors (Lipinski definition) is 2. The summed E-state index contributed by atoms with van der Waals surface area (Å²) >= 11 is 0. The lowest BCUT2D eigenvalue weighted by atomic mass is 9.98. The summed E-state index contributed by atoms with van der Waals surface area (Å²) in [5.41, 5.74) is 9.95. The average molecular weight is 422 g/mol. The minimum Gasteiger partial charge on any atom is -0.290 e. The third-order valence-corrected chi connectivity index (χ3v) is 6.43. The van der Waals surface area contributed by atoms with Crippen molar-refractivity contribution in [1.29, 1.82) is 0 Å². The van der Waals surface area contributed by atoms with E-state index in [-0.39, 0.29) is 0 Å². The van der Waals surface area contributed by atoms with Gasteiger partial charge < -0.3 is 0 Å². The molecule has 154 valence electrons. The van der Waals surface area contributed by atoms with Gasteiger partial charge in [0.15, 0.2) is 0 Å². The van der Waals surface area contributed by atoms with Crippen LogP contribution in [0, 0.1) is 0 Å². The lowest BCUT2D eigenvalue weighted by molar-refractivity contribution is 1.29. The number of pyridine rings is 2. The Balaban J connectivity index is 1.47. The molecule has 7 rings (SSSR count). The molecular formula is C30H19N3. The Kier molecular flexibility index (Phi) is 3.84. The zero-order chi connectivity index (χ0) is 21.8. The van der Waals surface area contributed by atoms with Gasteiger partial charge >= 0.3 is 0 Å². The summed E-state index contributed by atoms with van der Waals surface area (Å²) in [4.78, 5) is 9.76. The largest absolute Gasteiger partial charge is 0.290 e. The molecule has 3 nitrogen and oxygen atoms in total. The second-order valence-corrected chi connectivity index (χ2v) is 8.33. The number of nitrogens with zero attached hydrogens (tertiary/aromatic N) is 3. The topological polar surface area (TPSA) is 30.2 Å². The number of hydrogen-bond donors (Lipinski definition) is 0. The van der Waals surface area contributed by atoms with Gasteiger partial charge in [-0.3, -0.25) is 9.38 Å². The van der Waals surface area contributed by atoms with E-state index in [0.717, 1.165) is 38.5 Å². The average Bonchev–Trinajstić information content (AvgIpc) is 3.29. The highest BCUT2D eigenvalue weighted by Gasteiger charge is 2.14. The van der Waals surface area contributed by atoms with E-state index in [1.54, 1.807) is 0 Å². The van der Waals surface area contributed by atoms with Crippen molar-refractivity contribution >= 4 is 38.5 Å². The van der Waals surface area contributed by atoms with E-state index in [0.29, 0.717) is 0 Å². The van der Waals surface area contributed by atoms with Crippen LogP contribution in [0.4, 0.5) is 0 Å². The molecule has 0 spiro atoms. The maximum Gasteiger partial charge on any atom is 0.146 e. The van der Waals surface area contributed by atoms with Crippen LogP contribution in [0.2, 0.25) is 0 Å². The van der Waals surface area contributed by atoms with Crippen LogP contribution >= 0.6 is 0 Å². The first-order valence-corrected chi connectivity index (χ1v) is 11.1. The maximum atomic E-state index is 4.98. The zero-order valence-corrected chi connectivity index (χ0v) is 17.8. The molecule has 0 unspecified atom stereocenters. The molecule has 7 aromatic rings. The van der Waals surface area contributed by atoms with Gasteiger partial charge in [-0.1, -0.05) is 72.8 Å². The van der Waals surface area contributed by atoms with Gasteiger partial charge in [0.05, 0.1) is 22.1 Å². The van der Waals surface area contributed by atoms with Crippen LogP contribution in [-0.4, -0.2) is 14.4 Å². The summed E-state index contributed by atoms with van der Waals surface area (Å²) < 4.78 is 2.23. The molecule has 0 saturated carbocycles. The van der Waals surface area contributed by atoms with Crippen molar-refractivity contribution in [2.75, 3.05) is 0 Å². The van der Waals surface area contributed by atoms with Crippen molar-refractivity contribution in [1.82, 2.24) is 14.4 Å². The quantitative estimate of drug-likeness (QED) is 0.270. The minimum absolute atomic E-state index is 0.970. The molecule has 33 heavy (non-hydrogen) atoms. The molecule has 0 amide bonds. The molecule has 3 heteroatoms. The second kappa shape index (κ2) is 7.01. The Morgan fingerprint density at radius 3 is 2.03 bits per heavy atom. The summed E-state index contributed by atoms with van der Waals surface area (Å²) in [6.45, 7) is 0. The predicted octanol–water partition coefficient (Wildman–Crippen LogP) is 7.52. The van der Waals surface area contributed by atoms with Crippen molar-refractivity contribution in [3.05, 3.63) is 115 Å². The van der Waals surface area contributed by atoms with Gasteiger partial charge in [-0.15, -0.1) is 0 Å². The lowest BCUT2D eigenvalue weighted by Crippen LogP contribution is -1.93. The van der Waals surface area contributed by atoms with Crippen LogP contribution in [0.25, 0.3) is 60.7 Å². The van der Waals surface area contributed by atoms with Crippen LogP contribution in [0.15, 0.2) is 115 Å². The van der Waals surface area contributed by atoms with Gasteiger partial charge in [0.2, 0.25) is 0 Å². The van der Waals surface area contributed by atoms with E-state index < -0.39 is 0 Å². The SMILES string of the molecule is c1ccc(-c2ccc(-c3ccc4c(c3)c3ncccc3n3c5ccccc5nc43)cc2)cc1. The number of rotatable bonds is 2. The molecule has 0 aliphatic rings. The van der Waals surface area contributed by atoms with E-state index in [9.17, 15) is 0 Å². The minimum atomic E-state index is 0.970. The van der Waals surface area contributed by atoms with Gasteiger partial charge in [0.25, 0.3) is 0 Å². The molecule has 0 radical (unpaired) electrons. The highest BCUT2D eigenvalue weighted by atomic mass is 15.0. The first kappa shape index (κ1) is 18.1.